The summed E-state index contributed by atoms with van der Waals surface area (Å²) >= 11 is 0. The van der Waals surface area contributed by atoms with Crippen LogP contribution in [-0.2, 0) is 22.7 Å². The minimum Gasteiger partial charge on any atom is -0.490 e. The third kappa shape index (κ3) is 5.93. The summed E-state index contributed by atoms with van der Waals surface area (Å²) in [5, 5.41) is 0. The Morgan fingerprint density at radius 1 is 0.750 bits per heavy atom. The fraction of sp³-hybridized carbons (Fsp3) is 0.647. The normalized spacial score (nSPS) is 11.7. The van der Waals surface area contributed by atoms with Crippen LogP contribution in [0.15, 0.2) is 18.2 Å². The first-order valence-electron chi connectivity index (χ1n) is 7.40. The number of rotatable bonds is 8. The van der Waals surface area contributed by atoms with Crippen molar-refractivity contribution < 1.29 is 14.2 Å². The fourth-order valence-corrected chi connectivity index (χ4v) is 1.77. The summed E-state index contributed by atoms with van der Waals surface area (Å²) in [6.45, 7) is 13.3. The molecule has 0 N–H and O–H groups in total. The molecule has 3 nitrogen and oxygen atoms in total. The van der Waals surface area contributed by atoms with Gasteiger partial charge in [-0.2, -0.15) is 0 Å². The molecule has 0 aromatic heterocycles. The van der Waals surface area contributed by atoms with Crippen LogP contribution in [0.4, 0.5) is 0 Å². The highest BCUT2D eigenvalue weighted by molar-refractivity contribution is 5.41. The Kier molecular flexibility index (Phi) is 7.03. The van der Waals surface area contributed by atoms with Gasteiger partial charge in [-0.25, -0.2) is 0 Å². The summed E-state index contributed by atoms with van der Waals surface area (Å²) in [4.78, 5) is 0. The predicted octanol–water partition coefficient (Wildman–Crippen LogP) is 4.32. The van der Waals surface area contributed by atoms with E-state index in [1.165, 1.54) is 0 Å². The maximum Gasteiger partial charge on any atom is 0.130 e. The van der Waals surface area contributed by atoms with Crippen LogP contribution in [0.3, 0.4) is 0 Å². The average Bonchev–Trinajstić information content (AvgIpc) is 2.34. The molecule has 0 saturated carbocycles. The van der Waals surface area contributed by atoms with E-state index in [0.717, 1.165) is 16.9 Å². The van der Waals surface area contributed by atoms with Crippen LogP contribution in [0.1, 0.15) is 52.7 Å². The molecule has 0 heterocycles. The minimum atomic E-state index is 0.132. The zero-order valence-corrected chi connectivity index (χ0v) is 13.6. The first-order valence-corrected chi connectivity index (χ1v) is 7.40. The highest BCUT2D eigenvalue weighted by Crippen LogP contribution is 2.27. The second-order valence-corrected chi connectivity index (χ2v) is 5.79. The zero-order chi connectivity index (χ0) is 15.1. The van der Waals surface area contributed by atoms with Gasteiger partial charge in [0.05, 0.1) is 31.5 Å². The molecule has 0 atom stereocenters. The van der Waals surface area contributed by atoms with Crippen LogP contribution in [0.5, 0.6) is 5.75 Å². The van der Waals surface area contributed by atoms with Gasteiger partial charge in [0.1, 0.15) is 5.75 Å². The second-order valence-electron chi connectivity index (χ2n) is 5.79. The largest absolute Gasteiger partial charge is 0.490 e. The second kappa shape index (κ2) is 8.28. The summed E-state index contributed by atoms with van der Waals surface area (Å²) in [7, 11) is 0. The Morgan fingerprint density at radius 3 is 1.55 bits per heavy atom. The molecule has 1 rings (SSSR count). The molecule has 0 unspecified atom stereocenters. The van der Waals surface area contributed by atoms with E-state index in [9.17, 15) is 0 Å². The molecule has 0 radical (unpaired) electrons. The first kappa shape index (κ1) is 17.0. The highest BCUT2D eigenvalue weighted by Gasteiger charge is 2.13. The molecule has 3 heteroatoms. The Balaban J connectivity index is 2.93. The average molecular weight is 280 g/mol. The van der Waals surface area contributed by atoms with Crippen LogP contribution in [0.2, 0.25) is 0 Å². The van der Waals surface area contributed by atoms with Crippen molar-refractivity contribution in [1.82, 2.24) is 0 Å². The molecule has 0 saturated heterocycles. The molecule has 0 aliphatic rings. The van der Waals surface area contributed by atoms with Crippen molar-refractivity contribution in [3.8, 4) is 5.75 Å². The Labute approximate surface area is 123 Å². The number of para-hydroxylation sites is 1. The number of ether oxygens (including phenoxy) is 3. The van der Waals surface area contributed by atoms with Crippen LogP contribution in [-0.4, -0.2) is 18.3 Å². The lowest BCUT2D eigenvalue weighted by Gasteiger charge is -2.19. The molecule has 114 valence electrons. The molecule has 0 bridgehead atoms. The topological polar surface area (TPSA) is 27.7 Å². The summed E-state index contributed by atoms with van der Waals surface area (Å²) < 4.78 is 17.4. The first-order chi connectivity index (χ1) is 9.40. The SMILES string of the molecule is CC(C)OCc1cccc(COC(C)C)c1OC(C)C. The van der Waals surface area contributed by atoms with Crippen molar-refractivity contribution in [2.24, 2.45) is 0 Å². The van der Waals surface area contributed by atoms with E-state index in [1.54, 1.807) is 0 Å². The van der Waals surface area contributed by atoms with Crippen molar-refractivity contribution >= 4 is 0 Å². The van der Waals surface area contributed by atoms with Crippen molar-refractivity contribution in [2.45, 2.75) is 73.1 Å². The van der Waals surface area contributed by atoms with Gasteiger partial charge in [-0.1, -0.05) is 18.2 Å². The quantitative estimate of drug-likeness (QED) is 0.709. The van der Waals surface area contributed by atoms with Crippen LogP contribution in [0, 0.1) is 0 Å². The molecule has 1 aromatic rings. The molecule has 1 aromatic carbocycles. The van der Waals surface area contributed by atoms with Gasteiger partial charge in [-0.05, 0) is 41.5 Å². The summed E-state index contributed by atoms with van der Waals surface area (Å²) in [5.41, 5.74) is 2.16. The van der Waals surface area contributed by atoms with Crippen molar-refractivity contribution in [3.63, 3.8) is 0 Å². The fourth-order valence-electron chi connectivity index (χ4n) is 1.77. The highest BCUT2D eigenvalue weighted by atomic mass is 16.5. The molecule has 0 spiro atoms. The minimum absolute atomic E-state index is 0.132. The summed E-state index contributed by atoms with van der Waals surface area (Å²) in [6, 6.07) is 6.14. The lowest BCUT2D eigenvalue weighted by molar-refractivity contribution is 0.0581. The zero-order valence-electron chi connectivity index (χ0n) is 13.6. The number of hydrogen-bond donors (Lipinski definition) is 0. The molecule has 0 amide bonds. The van der Waals surface area contributed by atoms with E-state index in [2.05, 4.69) is 12.1 Å². The van der Waals surface area contributed by atoms with Crippen molar-refractivity contribution in [1.29, 1.82) is 0 Å². The Bertz CT molecular complexity index is 367. The predicted molar refractivity (Wildman–Crippen MR) is 82.1 cm³/mol. The van der Waals surface area contributed by atoms with E-state index in [-0.39, 0.29) is 18.3 Å². The van der Waals surface area contributed by atoms with Crippen molar-refractivity contribution in [2.75, 3.05) is 0 Å². The van der Waals surface area contributed by atoms with Gasteiger partial charge in [0.2, 0.25) is 0 Å². The van der Waals surface area contributed by atoms with Crippen molar-refractivity contribution in [3.05, 3.63) is 29.3 Å². The lowest BCUT2D eigenvalue weighted by atomic mass is 10.1. The monoisotopic (exact) mass is 280 g/mol. The van der Waals surface area contributed by atoms with E-state index >= 15 is 0 Å². The molecule has 20 heavy (non-hydrogen) atoms. The van der Waals surface area contributed by atoms with Crippen LogP contribution >= 0.6 is 0 Å². The van der Waals surface area contributed by atoms with E-state index in [0.29, 0.717) is 13.2 Å². The summed E-state index contributed by atoms with van der Waals surface area (Å²) in [6.07, 6.45) is 0.544. The van der Waals surface area contributed by atoms with Crippen LogP contribution in [0.25, 0.3) is 0 Å². The van der Waals surface area contributed by atoms with Gasteiger partial charge in [-0.15, -0.1) is 0 Å². The van der Waals surface area contributed by atoms with Crippen LogP contribution < -0.4 is 4.74 Å². The lowest BCUT2D eigenvalue weighted by Crippen LogP contribution is -2.12. The van der Waals surface area contributed by atoms with E-state index < -0.39 is 0 Å². The molecule has 0 aliphatic carbocycles. The standard InChI is InChI=1S/C17H28O3/c1-12(2)18-10-15-8-7-9-16(11-19-13(3)4)17(15)20-14(5)6/h7-9,12-14H,10-11H2,1-6H3. The van der Waals surface area contributed by atoms with Gasteiger partial charge < -0.3 is 14.2 Å². The molecular weight excluding hydrogens is 252 g/mol. The Morgan fingerprint density at radius 2 is 1.20 bits per heavy atom. The smallest absolute Gasteiger partial charge is 0.130 e. The number of hydrogen-bond acceptors (Lipinski definition) is 3. The maximum absolute atomic E-state index is 5.98. The summed E-state index contributed by atoms with van der Waals surface area (Å²) in [5.74, 6) is 0.906. The van der Waals surface area contributed by atoms with Gasteiger partial charge in [0.15, 0.2) is 0 Å². The molecule has 0 fully saturated rings. The van der Waals surface area contributed by atoms with Gasteiger partial charge in [0, 0.05) is 11.1 Å². The Hall–Kier alpha value is -1.06. The van der Waals surface area contributed by atoms with Gasteiger partial charge in [0.25, 0.3) is 0 Å². The van der Waals surface area contributed by atoms with Gasteiger partial charge in [-0.3, -0.25) is 0 Å². The molecule has 0 aliphatic heterocycles. The maximum atomic E-state index is 5.98. The third-order valence-corrected chi connectivity index (χ3v) is 2.68. The third-order valence-electron chi connectivity index (χ3n) is 2.68. The number of benzene rings is 1. The van der Waals surface area contributed by atoms with Gasteiger partial charge >= 0.3 is 0 Å². The van der Waals surface area contributed by atoms with E-state index in [4.69, 9.17) is 14.2 Å². The van der Waals surface area contributed by atoms with E-state index in [1.807, 2.05) is 47.6 Å². The molecular formula is C17H28O3.